The van der Waals surface area contributed by atoms with Gasteiger partial charge in [0.2, 0.25) is 5.95 Å². The lowest BCUT2D eigenvalue weighted by Crippen LogP contribution is -2.48. The summed E-state index contributed by atoms with van der Waals surface area (Å²) < 4.78 is 2.38. The number of imidazole rings is 1. The van der Waals surface area contributed by atoms with Crippen LogP contribution in [0.3, 0.4) is 0 Å². The first kappa shape index (κ1) is 21.6. The van der Waals surface area contributed by atoms with Crippen LogP contribution in [0, 0.1) is 0 Å². The third kappa shape index (κ3) is 4.45. The van der Waals surface area contributed by atoms with Crippen LogP contribution in [-0.2, 0) is 6.54 Å². The Bertz CT molecular complexity index is 1330. The van der Waals surface area contributed by atoms with Crippen molar-refractivity contribution in [2.24, 2.45) is 0 Å². The van der Waals surface area contributed by atoms with E-state index in [-0.39, 0.29) is 6.04 Å². The van der Waals surface area contributed by atoms with Gasteiger partial charge >= 0.3 is 0 Å². The summed E-state index contributed by atoms with van der Waals surface area (Å²) in [5, 5.41) is 0. The summed E-state index contributed by atoms with van der Waals surface area (Å²) in [5.41, 5.74) is 6.25. The molecular formula is C31H30N4. The van der Waals surface area contributed by atoms with Crippen LogP contribution in [0.2, 0.25) is 0 Å². The SMILES string of the molecule is c1ccc(Cn2c(N3CCN(C(c4ccccc4)c4ccccc4)CC3)nc3ccccc32)cc1. The first-order valence-corrected chi connectivity index (χ1v) is 12.4. The van der Waals surface area contributed by atoms with Crippen molar-refractivity contribution in [2.45, 2.75) is 12.6 Å². The molecule has 0 spiro atoms. The number of nitrogens with zero attached hydrogens (tertiary/aromatic N) is 4. The number of hydrogen-bond donors (Lipinski definition) is 0. The second kappa shape index (κ2) is 9.77. The molecule has 4 aromatic carbocycles. The number of para-hydroxylation sites is 2. The monoisotopic (exact) mass is 458 g/mol. The molecule has 0 amide bonds. The number of rotatable bonds is 6. The van der Waals surface area contributed by atoms with E-state index in [1.807, 2.05) is 0 Å². The third-order valence-electron chi connectivity index (χ3n) is 7.01. The molecule has 1 saturated heterocycles. The van der Waals surface area contributed by atoms with E-state index in [0.29, 0.717) is 0 Å². The van der Waals surface area contributed by atoms with Gasteiger partial charge < -0.3 is 9.47 Å². The zero-order valence-electron chi connectivity index (χ0n) is 19.9. The molecule has 0 saturated carbocycles. The minimum Gasteiger partial charge on any atom is -0.340 e. The molecule has 0 radical (unpaired) electrons. The molecule has 2 heterocycles. The third-order valence-corrected chi connectivity index (χ3v) is 7.01. The summed E-state index contributed by atoms with van der Waals surface area (Å²) >= 11 is 0. The summed E-state index contributed by atoms with van der Waals surface area (Å²) in [6.45, 7) is 4.71. The highest BCUT2D eigenvalue weighted by Crippen LogP contribution is 2.31. The van der Waals surface area contributed by atoms with Crippen LogP contribution < -0.4 is 4.90 Å². The average molecular weight is 459 g/mol. The van der Waals surface area contributed by atoms with Crippen molar-refractivity contribution in [2.75, 3.05) is 31.1 Å². The Kier molecular flexibility index (Phi) is 6.04. The molecule has 1 aliphatic rings. The molecule has 4 heteroatoms. The molecule has 4 nitrogen and oxygen atoms in total. The fourth-order valence-corrected chi connectivity index (χ4v) is 5.29. The van der Waals surface area contributed by atoms with Crippen LogP contribution in [0.15, 0.2) is 115 Å². The molecule has 0 N–H and O–H groups in total. The zero-order valence-corrected chi connectivity index (χ0v) is 19.9. The van der Waals surface area contributed by atoms with Crippen LogP contribution in [0.1, 0.15) is 22.7 Å². The second-order valence-corrected chi connectivity index (χ2v) is 9.22. The lowest BCUT2D eigenvalue weighted by atomic mass is 9.96. The number of benzene rings is 4. The molecular weight excluding hydrogens is 428 g/mol. The Morgan fingerprint density at radius 1 is 0.600 bits per heavy atom. The van der Waals surface area contributed by atoms with E-state index in [1.54, 1.807) is 0 Å². The number of aromatic nitrogens is 2. The zero-order chi connectivity index (χ0) is 23.5. The maximum atomic E-state index is 5.09. The van der Waals surface area contributed by atoms with E-state index in [1.165, 1.54) is 22.2 Å². The van der Waals surface area contributed by atoms with Gasteiger partial charge in [0, 0.05) is 26.2 Å². The predicted molar refractivity (Wildman–Crippen MR) is 144 cm³/mol. The van der Waals surface area contributed by atoms with Gasteiger partial charge in [-0.3, -0.25) is 4.90 Å². The minimum absolute atomic E-state index is 0.266. The van der Waals surface area contributed by atoms with Crippen molar-refractivity contribution in [3.63, 3.8) is 0 Å². The highest BCUT2D eigenvalue weighted by molar-refractivity contribution is 5.79. The van der Waals surface area contributed by atoms with Crippen LogP contribution in [0.5, 0.6) is 0 Å². The van der Waals surface area contributed by atoms with Gasteiger partial charge in [-0.2, -0.15) is 0 Å². The van der Waals surface area contributed by atoms with Crippen molar-refractivity contribution in [3.8, 4) is 0 Å². The van der Waals surface area contributed by atoms with Crippen molar-refractivity contribution < 1.29 is 0 Å². The lowest BCUT2D eigenvalue weighted by Gasteiger charge is -2.40. The Hall–Kier alpha value is -3.89. The summed E-state index contributed by atoms with van der Waals surface area (Å²) in [6, 6.07) is 41.2. The first-order chi connectivity index (χ1) is 17.4. The first-order valence-electron chi connectivity index (χ1n) is 12.4. The molecule has 1 aliphatic heterocycles. The van der Waals surface area contributed by atoms with E-state index >= 15 is 0 Å². The summed E-state index contributed by atoms with van der Waals surface area (Å²) in [5.74, 6) is 1.07. The normalized spacial score (nSPS) is 14.6. The highest BCUT2D eigenvalue weighted by atomic mass is 15.4. The van der Waals surface area contributed by atoms with Gasteiger partial charge in [-0.1, -0.05) is 103 Å². The Morgan fingerprint density at radius 3 is 1.77 bits per heavy atom. The van der Waals surface area contributed by atoms with E-state index in [4.69, 9.17) is 4.98 Å². The standard InChI is InChI=1S/C31H30N4/c1-4-12-25(13-5-1)24-35-29-19-11-10-18-28(29)32-31(35)34-22-20-33(21-23-34)30(26-14-6-2-7-15-26)27-16-8-3-9-17-27/h1-19,30H,20-24H2. The molecule has 0 unspecified atom stereocenters. The van der Waals surface area contributed by atoms with Gasteiger partial charge in [0.1, 0.15) is 0 Å². The molecule has 1 fully saturated rings. The largest absolute Gasteiger partial charge is 0.340 e. The minimum atomic E-state index is 0.266. The van der Waals surface area contributed by atoms with Gasteiger partial charge in [0.15, 0.2) is 0 Å². The van der Waals surface area contributed by atoms with Crippen molar-refractivity contribution in [1.29, 1.82) is 0 Å². The maximum absolute atomic E-state index is 5.09. The molecule has 0 aliphatic carbocycles. The van der Waals surface area contributed by atoms with Crippen LogP contribution in [-0.4, -0.2) is 40.6 Å². The number of anilines is 1. The van der Waals surface area contributed by atoms with E-state index in [0.717, 1.165) is 44.2 Å². The summed E-state index contributed by atoms with van der Waals surface area (Å²) in [7, 11) is 0. The maximum Gasteiger partial charge on any atom is 0.206 e. The van der Waals surface area contributed by atoms with Gasteiger partial charge in [-0.25, -0.2) is 4.98 Å². The van der Waals surface area contributed by atoms with Crippen LogP contribution in [0.4, 0.5) is 5.95 Å². The summed E-state index contributed by atoms with van der Waals surface area (Å²) in [4.78, 5) is 10.2. The Morgan fingerprint density at radius 2 is 1.14 bits per heavy atom. The molecule has 35 heavy (non-hydrogen) atoms. The van der Waals surface area contributed by atoms with Gasteiger partial charge in [-0.15, -0.1) is 0 Å². The second-order valence-electron chi connectivity index (χ2n) is 9.22. The van der Waals surface area contributed by atoms with Crippen molar-refractivity contribution in [3.05, 3.63) is 132 Å². The van der Waals surface area contributed by atoms with Crippen molar-refractivity contribution in [1.82, 2.24) is 14.5 Å². The van der Waals surface area contributed by atoms with E-state index < -0.39 is 0 Å². The Labute approximate surface area is 207 Å². The molecule has 0 atom stereocenters. The number of fused-ring (bicyclic) bond motifs is 1. The quantitative estimate of drug-likeness (QED) is 0.312. The molecule has 174 valence electrons. The highest BCUT2D eigenvalue weighted by Gasteiger charge is 2.28. The lowest BCUT2D eigenvalue weighted by molar-refractivity contribution is 0.211. The topological polar surface area (TPSA) is 24.3 Å². The fraction of sp³-hybridized carbons (Fsp3) is 0.194. The molecule has 1 aromatic heterocycles. The number of hydrogen-bond acceptors (Lipinski definition) is 3. The van der Waals surface area contributed by atoms with Gasteiger partial charge in [0.05, 0.1) is 23.6 Å². The van der Waals surface area contributed by atoms with Gasteiger partial charge in [0.25, 0.3) is 0 Å². The smallest absolute Gasteiger partial charge is 0.206 e. The van der Waals surface area contributed by atoms with Crippen LogP contribution in [0.25, 0.3) is 11.0 Å². The van der Waals surface area contributed by atoms with E-state index in [9.17, 15) is 0 Å². The predicted octanol–water partition coefficient (Wildman–Crippen LogP) is 6.00. The Balaban J connectivity index is 1.28. The van der Waals surface area contributed by atoms with Crippen LogP contribution >= 0.6 is 0 Å². The van der Waals surface area contributed by atoms with E-state index in [2.05, 4.69) is 130 Å². The molecule has 5 aromatic rings. The fourth-order valence-electron chi connectivity index (χ4n) is 5.29. The molecule has 0 bridgehead atoms. The summed E-state index contributed by atoms with van der Waals surface area (Å²) in [6.07, 6.45) is 0. The molecule has 6 rings (SSSR count). The van der Waals surface area contributed by atoms with Gasteiger partial charge in [-0.05, 0) is 28.8 Å². The number of piperazine rings is 1. The average Bonchev–Trinajstić information content (AvgIpc) is 3.29. The van der Waals surface area contributed by atoms with Crippen molar-refractivity contribution >= 4 is 17.0 Å².